The summed E-state index contributed by atoms with van der Waals surface area (Å²) >= 11 is 0. The highest BCUT2D eigenvalue weighted by atomic mass is 19.1. The molecule has 0 aliphatic carbocycles. The summed E-state index contributed by atoms with van der Waals surface area (Å²) in [5, 5.41) is 4.71. The van der Waals surface area contributed by atoms with Crippen molar-refractivity contribution in [3.63, 3.8) is 0 Å². The smallest absolute Gasteiger partial charge is 0.216 e. The van der Waals surface area contributed by atoms with Gasteiger partial charge in [-0.05, 0) is 44.0 Å². The number of hydrogen-bond acceptors (Lipinski definition) is 3. The van der Waals surface area contributed by atoms with Crippen molar-refractivity contribution in [2.24, 2.45) is 0 Å². The first-order valence-electron chi connectivity index (χ1n) is 9.38. The molecule has 0 amide bonds. The van der Waals surface area contributed by atoms with Crippen LogP contribution in [0.5, 0.6) is 5.88 Å². The number of halogens is 1. The maximum atomic E-state index is 14.3. The summed E-state index contributed by atoms with van der Waals surface area (Å²) in [6, 6.07) is 6.87. The van der Waals surface area contributed by atoms with Crippen LogP contribution in [0.3, 0.4) is 0 Å². The highest BCUT2D eigenvalue weighted by molar-refractivity contribution is 5.67. The van der Waals surface area contributed by atoms with E-state index < -0.39 is 0 Å². The van der Waals surface area contributed by atoms with Gasteiger partial charge < -0.3 is 4.74 Å². The zero-order valence-electron chi connectivity index (χ0n) is 15.0. The van der Waals surface area contributed by atoms with E-state index in [-0.39, 0.29) is 17.8 Å². The summed E-state index contributed by atoms with van der Waals surface area (Å²) in [5.74, 6) is 0.834. The Bertz CT molecular complexity index is 749. The fraction of sp³-hybridized carbons (Fsp3) is 0.550. The van der Waals surface area contributed by atoms with Crippen molar-refractivity contribution in [1.82, 2.24) is 14.7 Å². The molecule has 1 aromatic heterocycles. The number of fused-ring (bicyclic) bond motifs is 1. The lowest BCUT2D eigenvalue weighted by atomic mass is 9.98. The third kappa shape index (κ3) is 3.17. The molecule has 0 bridgehead atoms. The van der Waals surface area contributed by atoms with Gasteiger partial charge in [0, 0.05) is 30.6 Å². The van der Waals surface area contributed by atoms with Gasteiger partial charge in [-0.1, -0.05) is 26.0 Å². The zero-order chi connectivity index (χ0) is 17.4. The lowest BCUT2D eigenvalue weighted by Crippen LogP contribution is -2.37. The van der Waals surface area contributed by atoms with E-state index in [1.54, 1.807) is 12.1 Å². The van der Waals surface area contributed by atoms with Crippen molar-refractivity contribution in [3.05, 3.63) is 35.6 Å². The van der Waals surface area contributed by atoms with Crippen LogP contribution in [0.1, 0.15) is 44.6 Å². The Morgan fingerprint density at radius 3 is 2.68 bits per heavy atom. The maximum absolute atomic E-state index is 14.3. The first-order chi connectivity index (χ1) is 12.1. The third-order valence-corrected chi connectivity index (χ3v) is 5.25. The predicted molar refractivity (Wildman–Crippen MR) is 96.4 cm³/mol. The normalized spacial score (nSPS) is 20.7. The molecule has 4 rings (SSSR count). The number of likely N-dealkylation sites (tertiary alicyclic amines) is 1. The molecule has 0 spiro atoms. The molecule has 3 heterocycles. The first kappa shape index (κ1) is 16.6. The minimum atomic E-state index is -0.228. The lowest BCUT2D eigenvalue weighted by Gasteiger charge is -2.29. The number of aromatic nitrogens is 2. The average Bonchev–Trinajstić information content (AvgIpc) is 3.22. The lowest BCUT2D eigenvalue weighted by molar-refractivity contribution is 0.0958. The van der Waals surface area contributed by atoms with Crippen LogP contribution < -0.4 is 4.74 Å². The molecule has 1 saturated heterocycles. The number of benzene rings is 1. The summed E-state index contributed by atoms with van der Waals surface area (Å²) in [6.45, 7) is 8.41. The summed E-state index contributed by atoms with van der Waals surface area (Å²) in [6.07, 6.45) is 3.74. The van der Waals surface area contributed by atoms with Gasteiger partial charge in [-0.25, -0.2) is 9.07 Å². The fourth-order valence-electron chi connectivity index (χ4n) is 3.97. The maximum Gasteiger partial charge on any atom is 0.216 e. The van der Waals surface area contributed by atoms with Crippen molar-refractivity contribution >= 4 is 0 Å². The molecule has 0 saturated carbocycles. The summed E-state index contributed by atoms with van der Waals surface area (Å²) in [5.41, 5.74) is 2.31. The largest absolute Gasteiger partial charge is 0.473 e. The minimum absolute atomic E-state index is 0.202. The quantitative estimate of drug-likeness (QED) is 0.839. The molecule has 0 radical (unpaired) electrons. The molecule has 2 aliphatic rings. The van der Waals surface area contributed by atoms with Gasteiger partial charge in [0.2, 0.25) is 5.88 Å². The van der Waals surface area contributed by atoms with E-state index in [4.69, 9.17) is 9.84 Å². The summed E-state index contributed by atoms with van der Waals surface area (Å²) in [4.78, 5) is 2.49. The molecule has 5 heteroatoms. The van der Waals surface area contributed by atoms with Gasteiger partial charge in [0.05, 0.1) is 0 Å². The standard InChI is InChI=1S/C20H26FN3O/c1-14(2)18-19(16-7-3-4-8-17(16)21)22-24-12-9-15(25-20(18)24)13-23-10-5-6-11-23/h3-4,7-8,14-15H,5-6,9-13H2,1-2H3. The Morgan fingerprint density at radius 1 is 1.20 bits per heavy atom. The van der Waals surface area contributed by atoms with Crippen LogP contribution in [0.25, 0.3) is 11.3 Å². The van der Waals surface area contributed by atoms with Gasteiger partial charge in [-0.3, -0.25) is 4.90 Å². The summed E-state index contributed by atoms with van der Waals surface area (Å²) < 4.78 is 22.6. The van der Waals surface area contributed by atoms with Gasteiger partial charge in [0.1, 0.15) is 17.6 Å². The highest BCUT2D eigenvalue weighted by Gasteiger charge is 2.30. The van der Waals surface area contributed by atoms with Crippen LogP contribution in [0, 0.1) is 5.82 Å². The Kier molecular flexibility index (Phi) is 4.50. The molecule has 134 valence electrons. The molecule has 0 N–H and O–H groups in total. The van der Waals surface area contributed by atoms with Crippen LogP contribution in [-0.4, -0.2) is 40.4 Å². The number of rotatable bonds is 4. The monoisotopic (exact) mass is 343 g/mol. The molecule has 2 aliphatic heterocycles. The van der Waals surface area contributed by atoms with Crippen LogP contribution in [0.15, 0.2) is 24.3 Å². The van der Waals surface area contributed by atoms with E-state index in [1.165, 1.54) is 32.0 Å². The Hall–Kier alpha value is -1.88. The van der Waals surface area contributed by atoms with Gasteiger partial charge in [0.25, 0.3) is 0 Å². The molecular weight excluding hydrogens is 317 g/mol. The van der Waals surface area contributed by atoms with Gasteiger partial charge in [-0.2, -0.15) is 5.10 Å². The van der Waals surface area contributed by atoms with Crippen LogP contribution in [-0.2, 0) is 6.54 Å². The van der Waals surface area contributed by atoms with Crippen molar-refractivity contribution in [1.29, 1.82) is 0 Å². The van der Waals surface area contributed by atoms with Crippen LogP contribution >= 0.6 is 0 Å². The molecule has 1 atom stereocenters. The van der Waals surface area contributed by atoms with Crippen molar-refractivity contribution in [2.45, 2.75) is 51.7 Å². The van der Waals surface area contributed by atoms with E-state index in [0.29, 0.717) is 5.56 Å². The molecule has 1 aromatic carbocycles. The topological polar surface area (TPSA) is 30.3 Å². The number of ether oxygens (including phenoxy) is 1. The zero-order valence-corrected chi connectivity index (χ0v) is 15.0. The first-order valence-corrected chi connectivity index (χ1v) is 9.38. The van der Waals surface area contributed by atoms with E-state index >= 15 is 0 Å². The summed E-state index contributed by atoms with van der Waals surface area (Å²) in [7, 11) is 0. The predicted octanol–water partition coefficient (Wildman–Crippen LogP) is 4.06. The molecule has 4 nitrogen and oxygen atoms in total. The Labute approximate surface area is 148 Å². The SMILES string of the molecule is CC(C)c1c(-c2ccccc2F)nn2c1OC(CN1CCCC1)CC2. The second kappa shape index (κ2) is 6.79. The molecular formula is C20H26FN3O. The molecule has 25 heavy (non-hydrogen) atoms. The second-order valence-corrected chi connectivity index (χ2v) is 7.46. The van der Waals surface area contributed by atoms with E-state index in [0.717, 1.165) is 36.6 Å². The minimum Gasteiger partial charge on any atom is -0.473 e. The van der Waals surface area contributed by atoms with Gasteiger partial charge in [-0.15, -0.1) is 0 Å². The fourth-order valence-corrected chi connectivity index (χ4v) is 3.97. The van der Waals surface area contributed by atoms with Crippen molar-refractivity contribution in [3.8, 4) is 17.1 Å². The molecule has 2 aromatic rings. The van der Waals surface area contributed by atoms with Crippen LogP contribution in [0.4, 0.5) is 4.39 Å². The van der Waals surface area contributed by atoms with E-state index in [9.17, 15) is 4.39 Å². The van der Waals surface area contributed by atoms with Gasteiger partial charge >= 0.3 is 0 Å². The molecule has 1 fully saturated rings. The molecule has 1 unspecified atom stereocenters. The van der Waals surface area contributed by atoms with Crippen molar-refractivity contribution < 1.29 is 9.13 Å². The van der Waals surface area contributed by atoms with Crippen molar-refractivity contribution in [2.75, 3.05) is 19.6 Å². The average molecular weight is 343 g/mol. The van der Waals surface area contributed by atoms with Gasteiger partial charge in [0.15, 0.2) is 0 Å². The van der Waals surface area contributed by atoms with Crippen LogP contribution in [0.2, 0.25) is 0 Å². The third-order valence-electron chi connectivity index (χ3n) is 5.25. The number of aryl methyl sites for hydroxylation is 1. The number of nitrogens with zero attached hydrogens (tertiary/aromatic N) is 3. The Morgan fingerprint density at radius 2 is 1.96 bits per heavy atom. The number of hydrogen-bond donors (Lipinski definition) is 0. The van der Waals surface area contributed by atoms with E-state index in [1.807, 2.05) is 10.7 Å². The van der Waals surface area contributed by atoms with E-state index in [2.05, 4.69) is 18.7 Å². The second-order valence-electron chi connectivity index (χ2n) is 7.46. The highest BCUT2D eigenvalue weighted by Crippen LogP contribution is 2.39. The Balaban J connectivity index is 1.66.